The molecule has 0 saturated carbocycles. The maximum atomic E-state index is 11.9. The van der Waals surface area contributed by atoms with Gasteiger partial charge in [0, 0.05) is 23.6 Å². The summed E-state index contributed by atoms with van der Waals surface area (Å²) in [5.74, 6) is -0.928. The summed E-state index contributed by atoms with van der Waals surface area (Å²) < 4.78 is 6.92. The zero-order chi connectivity index (χ0) is 15.1. The van der Waals surface area contributed by atoms with Crippen LogP contribution in [-0.4, -0.2) is 33.8 Å². The average molecular weight is 282 g/mol. The number of hydrogen-bond acceptors (Lipinski definition) is 4. The fraction of sp³-hybridized carbons (Fsp3) is 0.643. The maximum Gasteiger partial charge on any atom is 0.348 e. The third-order valence-electron chi connectivity index (χ3n) is 3.20. The van der Waals surface area contributed by atoms with Gasteiger partial charge in [0.15, 0.2) is 0 Å². The van der Waals surface area contributed by atoms with E-state index in [-0.39, 0.29) is 12.1 Å². The first-order valence-electron chi connectivity index (χ1n) is 6.83. The molecule has 1 heterocycles. The van der Waals surface area contributed by atoms with Crippen molar-refractivity contribution in [3.63, 3.8) is 0 Å². The SMILES string of the molecule is CCCCOCCn1c(C)c(CC(=O)O)c(C)nc1=O. The van der Waals surface area contributed by atoms with Crippen LogP contribution in [0.4, 0.5) is 0 Å². The molecular formula is C14H22N2O4. The van der Waals surface area contributed by atoms with Crippen LogP contribution >= 0.6 is 0 Å². The molecule has 1 aromatic heterocycles. The fourth-order valence-electron chi connectivity index (χ4n) is 2.01. The van der Waals surface area contributed by atoms with Gasteiger partial charge in [0.05, 0.1) is 19.6 Å². The zero-order valence-electron chi connectivity index (χ0n) is 12.3. The molecule has 20 heavy (non-hydrogen) atoms. The van der Waals surface area contributed by atoms with Crippen molar-refractivity contribution in [2.45, 2.75) is 46.6 Å². The van der Waals surface area contributed by atoms with E-state index in [2.05, 4.69) is 11.9 Å². The lowest BCUT2D eigenvalue weighted by atomic mass is 10.1. The van der Waals surface area contributed by atoms with E-state index in [1.54, 1.807) is 13.8 Å². The molecule has 1 rings (SSSR count). The third kappa shape index (κ3) is 4.45. The summed E-state index contributed by atoms with van der Waals surface area (Å²) in [6.45, 7) is 6.99. The van der Waals surface area contributed by atoms with E-state index in [1.165, 1.54) is 4.57 Å². The Kier molecular flexibility index (Phi) is 6.38. The number of hydrogen-bond donors (Lipinski definition) is 1. The molecule has 1 N–H and O–H groups in total. The number of rotatable bonds is 8. The Hall–Kier alpha value is -1.69. The molecule has 0 unspecified atom stereocenters. The molecule has 0 aliphatic carbocycles. The zero-order valence-corrected chi connectivity index (χ0v) is 12.3. The Morgan fingerprint density at radius 2 is 2.05 bits per heavy atom. The molecule has 6 heteroatoms. The van der Waals surface area contributed by atoms with Crippen LogP contribution in [0, 0.1) is 13.8 Å². The highest BCUT2D eigenvalue weighted by molar-refractivity contribution is 5.70. The van der Waals surface area contributed by atoms with Crippen molar-refractivity contribution in [2.24, 2.45) is 0 Å². The molecule has 6 nitrogen and oxygen atoms in total. The highest BCUT2D eigenvalue weighted by atomic mass is 16.5. The van der Waals surface area contributed by atoms with Gasteiger partial charge < -0.3 is 9.84 Å². The Morgan fingerprint density at radius 1 is 1.35 bits per heavy atom. The van der Waals surface area contributed by atoms with Gasteiger partial charge in [0.25, 0.3) is 0 Å². The molecule has 0 saturated heterocycles. The first-order valence-corrected chi connectivity index (χ1v) is 6.83. The number of ether oxygens (including phenoxy) is 1. The van der Waals surface area contributed by atoms with Crippen LogP contribution in [0.3, 0.4) is 0 Å². The number of carboxylic acid groups (broad SMARTS) is 1. The second-order valence-corrected chi connectivity index (χ2v) is 4.73. The molecule has 0 aromatic carbocycles. The quantitative estimate of drug-likeness (QED) is 0.727. The van der Waals surface area contributed by atoms with Gasteiger partial charge >= 0.3 is 11.7 Å². The van der Waals surface area contributed by atoms with Crippen LogP contribution in [0.25, 0.3) is 0 Å². The molecule has 0 amide bonds. The van der Waals surface area contributed by atoms with E-state index >= 15 is 0 Å². The first kappa shape index (κ1) is 16.4. The van der Waals surface area contributed by atoms with Gasteiger partial charge in [-0.3, -0.25) is 9.36 Å². The van der Waals surface area contributed by atoms with Gasteiger partial charge in [-0.1, -0.05) is 13.3 Å². The molecule has 1 aromatic rings. The number of unbranched alkanes of at least 4 members (excludes halogenated alkanes) is 1. The van der Waals surface area contributed by atoms with Crippen LogP contribution in [0.15, 0.2) is 4.79 Å². The van der Waals surface area contributed by atoms with E-state index in [0.29, 0.717) is 36.7 Å². The smallest absolute Gasteiger partial charge is 0.348 e. The van der Waals surface area contributed by atoms with Gasteiger partial charge in [0.2, 0.25) is 0 Å². The summed E-state index contributed by atoms with van der Waals surface area (Å²) in [6.07, 6.45) is 1.93. The van der Waals surface area contributed by atoms with Crippen molar-refractivity contribution in [1.29, 1.82) is 0 Å². The van der Waals surface area contributed by atoms with Crippen molar-refractivity contribution in [3.8, 4) is 0 Å². The minimum absolute atomic E-state index is 0.123. The Morgan fingerprint density at radius 3 is 2.65 bits per heavy atom. The van der Waals surface area contributed by atoms with E-state index in [1.807, 2.05) is 0 Å². The highest BCUT2D eigenvalue weighted by Gasteiger charge is 2.13. The molecule has 0 fully saturated rings. The number of aromatic nitrogens is 2. The summed E-state index contributed by atoms with van der Waals surface area (Å²) in [6, 6.07) is 0. The summed E-state index contributed by atoms with van der Waals surface area (Å²) in [5.41, 5.74) is 1.39. The highest BCUT2D eigenvalue weighted by Crippen LogP contribution is 2.10. The minimum atomic E-state index is -0.928. The van der Waals surface area contributed by atoms with E-state index in [9.17, 15) is 9.59 Å². The predicted molar refractivity (Wildman–Crippen MR) is 75.0 cm³/mol. The van der Waals surface area contributed by atoms with E-state index in [4.69, 9.17) is 9.84 Å². The predicted octanol–water partition coefficient (Wildman–Crippen LogP) is 1.30. The Balaban J connectivity index is 2.84. The minimum Gasteiger partial charge on any atom is -0.481 e. The molecule has 0 radical (unpaired) electrons. The van der Waals surface area contributed by atoms with Gasteiger partial charge in [0.1, 0.15) is 0 Å². The van der Waals surface area contributed by atoms with Crippen LogP contribution in [0.1, 0.15) is 36.7 Å². The number of carboxylic acids is 1. The molecule has 0 atom stereocenters. The summed E-state index contributed by atoms with van der Waals surface area (Å²) in [5, 5.41) is 8.91. The van der Waals surface area contributed by atoms with Gasteiger partial charge in [-0.05, 0) is 20.3 Å². The van der Waals surface area contributed by atoms with Crippen LogP contribution in [0.2, 0.25) is 0 Å². The lowest BCUT2D eigenvalue weighted by Gasteiger charge is -2.14. The standard InChI is InChI=1S/C14H22N2O4/c1-4-5-7-20-8-6-16-11(3)12(9-13(17)18)10(2)15-14(16)19/h4-9H2,1-3H3,(H,17,18). The van der Waals surface area contributed by atoms with Crippen molar-refractivity contribution in [2.75, 3.05) is 13.2 Å². The van der Waals surface area contributed by atoms with Gasteiger partial charge in [-0.2, -0.15) is 4.98 Å². The van der Waals surface area contributed by atoms with Crippen molar-refractivity contribution < 1.29 is 14.6 Å². The van der Waals surface area contributed by atoms with Crippen LogP contribution in [0.5, 0.6) is 0 Å². The van der Waals surface area contributed by atoms with Gasteiger partial charge in [-0.15, -0.1) is 0 Å². The Labute approximate surface area is 118 Å². The van der Waals surface area contributed by atoms with Gasteiger partial charge in [-0.25, -0.2) is 4.79 Å². The Bertz CT molecular complexity index is 523. The molecule has 0 aliphatic rings. The lowest BCUT2D eigenvalue weighted by Crippen LogP contribution is -2.30. The molecule has 0 bridgehead atoms. The fourth-order valence-corrected chi connectivity index (χ4v) is 2.01. The lowest BCUT2D eigenvalue weighted by molar-refractivity contribution is -0.136. The number of aryl methyl sites for hydroxylation is 1. The largest absolute Gasteiger partial charge is 0.481 e. The van der Waals surface area contributed by atoms with E-state index < -0.39 is 5.97 Å². The molecule has 0 aliphatic heterocycles. The average Bonchev–Trinajstić information content (AvgIpc) is 2.37. The molecule has 112 valence electrons. The number of aliphatic carboxylic acids is 1. The van der Waals surface area contributed by atoms with E-state index in [0.717, 1.165) is 12.8 Å². The number of carbonyl (C=O) groups is 1. The molecular weight excluding hydrogens is 260 g/mol. The molecule has 0 spiro atoms. The second-order valence-electron chi connectivity index (χ2n) is 4.73. The van der Waals surface area contributed by atoms with Crippen LogP contribution < -0.4 is 5.69 Å². The summed E-state index contributed by atoms with van der Waals surface area (Å²) in [7, 11) is 0. The van der Waals surface area contributed by atoms with Crippen molar-refractivity contribution >= 4 is 5.97 Å². The first-order chi connectivity index (χ1) is 9.47. The summed E-state index contributed by atoms with van der Waals surface area (Å²) in [4.78, 5) is 26.6. The topological polar surface area (TPSA) is 81.4 Å². The second kappa shape index (κ2) is 7.79. The van der Waals surface area contributed by atoms with Crippen molar-refractivity contribution in [1.82, 2.24) is 9.55 Å². The monoisotopic (exact) mass is 282 g/mol. The summed E-state index contributed by atoms with van der Waals surface area (Å²) >= 11 is 0. The normalized spacial score (nSPS) is 10.8. The van der Waals surface area contributed by atoms with Crippen molar-refractivity contribution in [3.05, 3.63) is 27.4 Å². The third-order valence-corrected chi connectivity index (χ3v) is 3.20. The van der Waals surface area contributed by atoms with Crippen LogP contribution in [-0.2, 0) is 22.5 Å². The number of nitrogens with zero attached hydrogens (tertiary/aromatic N) is 2. The maximum absolute atomic E-state index is 11.9.